The second-order valence-corrected chi connectivity index (χ2v) is 4.13. The van der Waals surface area contributed by atoms with Crippen LogP contribution in [0.25, 0.3) is 5.57 Å². The summed E-state index contributed by atoms with van der Waals surface area (Å²) in [5.41, 5.74) is 6.87. The Morgan fingerprint density at radius 2 is 1.60 bits per heavy atom. The topological polar surface area (TPSA) is 28.7 Å². The van der Waals surface area contributed by atoms with Crippen LogP contribution in [0.1, 0.15) is 77.8 Å². The van der Waals surface area contributed by atoms with E-state index in [1.807, 2.05) is 41.5 Å². The number of allylic oxidation sites excluding steroid dienone is 4. The van der Waals surface area contributed by atoms with Crippen molar-refractivity contribution in [2.24, 2.45) is 0 Å². The maximum Gasteiger partial charge on any atom is 0.0954 e. The molecular weight excluding hydrogens is 244 g/mol. The van der Waals surface area contributed by atoms with Gasteiger partial charge in [0.1, 0.15) is 0 Å². The first kappa shape index (κ1) is 18.7. The molecule has 1 N–H and O–H groups in total. The minimum atomic E-state index is 1.17. The van der Waals surface area contributed by atoms with Gasteiger partial charge in [0.2, 0.25) is 0 Å². The molecule has 0 amide bonds. The first-order chi connectivity index (χ1) is 9.86. The molecule has 0 atom stereocenters. The van der Waals surface area contributed by atoms with Crippen LogP contribution in [0.15, 0.2) is 17.7 Å². The van der Waals surface area contributed by atoms with Crippen LogP contribution in [0.5, 0.6) is 0 Å². The number of H-pyrrole nitrogens is 1. The number of fused-ring (bicyclic) bond motifs is 2. The van der Waals surface area contributed by atoms with Crippen molar-refractivity contribution in [3.8, 4) is 0 Å². The summed E-state index contributed by atoms with van der Waals surface area (Å²) in [6.07, 6.45) is 9.35. The van der Waals surface area contributed by atoms with Gasteiger partial charge in [0, 0.05) is 16.8 Å². The molecule has 3 rings (SSSR count). The lowest BCUT2D eigenvalue weighted by atomic mass is 9.84. The molecule has 0 saturated carbocycles. The zero-order valence-corrected chi connectivity index (χ0v) is 14.4. The number of aryl methyl sites for hydroxylation is 1. The van der Waals surface area contributed by atoms with Crippen LogP contribution in [0.3, 0.4) is 0 Å². The summed E-state index contributed by atoms with van der Waals surface area (Å²) in [6, 6.07) is 0. The summed E-state index contributed by atoms with van der Waals surface area (Å²) in [7, 11) is 0. The Balaban J connectivity index is 0.000000538. The van der Waals surface area contributed by atoms with E-state index in [1.54, 1.807) is 5.57 Å². The van der Waals surface area contributed by atoms with Crippen LogP contribution in [-0.2, 0) is 6.42 Å². The van der Waals surface area contributed by atoms with Crippen LogP contribution in [0, 0.1) is 6.92 Å². The van der Waals surface area contributed by atoms with Crippen molar-refractivity contribution < 1.29 is 0 Å². The summed E-state index contributed by atoms with van der Waals surface area (Å²) >= 11 is 0. The molecule has 20 heavy (non-hydrogen) atoms. The maximum atomic E-state index is 4.41. The van der Waals surface area contributed by atoms with Crippen molar-refractivity contribution in [1.82, 2.24) is 10.2 Å². The summed E-state index contributed by atoms with van der Waals surface area (Å²) in [6.45, 7) is 14.1. The molecule has 1 heterocycles. The van der Waals surface area contributed by atoms with Crippen molar-refractivity contribution in [1.29, 1.82) is 0 Å². The summed E-state index contributed by atoms with van der Waals surface area (Å²) in [4.78, 5) is 0. The third-order valence-corrected chi connectivity index (χ3v) is 3.28. The molecule has 0 spiro atoms. The molecule has 0 radical (unpaired) electrons. The van der Waals surface area contributed by atoms with Crippen LogP contribution >= 0.6 is 0 Å². The summed E-state index contributed by atoms with van der Waals surface area (Å²) in [5, 5.41) is 7.50. The van der Waals surface area contributed by atoms with Crippen molar-refractivity contribution in [3.63, 3.8) is 0 Å². The number of rotatable bonds is 0. The van der Waals surface area contributed by atoms with Gasteiger partial charge in [-0.05, 0) is 32.6 Å². The van der Waals surface area contributed by atoms with Crippen molar-refractivity contribution in [3.05, 3.63) is 34.7 Å². The van der Waals surface area contributed by atoms with Crippen molar-refractivity contribution >= 4 is 5.57 Å². The minimum Gasteiger partial charge on any atom is -0.282 e. The molecule has 0 saturated heterocycles. The van der Waals surface area contributed by atoms with E-state index < -0.39 is 0 Å². The monoisotopic (exact) mass is 276 g/mol. The van der Waals surface area contributed by atoms with E-state index in [1.165, 1.54) is 48.2 Å². The molecule has 0 aromatic carbocycles. The third-order valence-electron chi connectivity index (χ3n) is 3.28. The molecule has 0 bridgehead atoms. The molecule has 2 aliphatic rings. The highest BCUT2D eigenvalue weighted by Crippen LogP contribution is 2.36. The van der Waals surface area contributed by atoms with Crippen LogP contribution in [-0.4, -0.2) is 10.2 Å². The average Bonchev–Trinajstić information content (AvgIpc) is 2.95. The quantitative estimate of drug-likeness (QED) is 0.633. The lowest BCUT2D eigenvalue weighted by Crippen LogP contribution is -2.05. The highest BCUT2D eigenvalue weighted by Gasteiger charge is 2.22. The first-order valence-electron chi connectivity index (χ1n) is 8.29. The molecule has 2 nitrogen and oxygen atoms in total. The predicted molar refractivity (Wildman–Crippen MR) is 91.0 cm³/mol. The fourth-order valence-electron chi connectivity index (χ4n) is 2.47. The number of aromatic nitrogens is 2. The van der Waals surface area contributed by atoms with E-state index in [4.69, 9.17) is 0 Å². The van der Waals surface area contributed by atoms with Gasteiger partial charge in [0.05, 0.1) is 5.69 Å². The number of nitrogens with zero attached hydrogens (tertiary/aromatic N) is 1. The molecule has 0 unspecified atom stereocenters. The maximum absolute atomic E-state index is 4.41. The van der Waals surface area contributed by atoms with Gasteiger partial charge in [-0.2, -0.15) is 5.10 Å². The predicted octanol–water partition coefficient (Wildman–Crippen LogP) is 5.85. The van der Waals surface area contributed by atoms with Crippen LogP contribution in [0.2, 0.25) is 0 Å². The van der Waals surface area contributed by atoms with Gasteiger partial charge < -0.3 is 0 Å². The Morgan fingerprint density at radius 3 is 2.25 bits per heavy atom. The standard InChI is InChI=1S/C12H14N2.3C2H6/c1-8-10-7-6-9-4-2-3-5-11(9)12(10)14-13-8;3*1-2/h3,5H,2,4,6-7H2,1H3,(H,13,14);3*1-2H3. The van der Waals surface area contributed by atoms with Gasteiger partial charge in [0.15, 0.2) is 0 Å². The first-order valence-corrected chi connectivity index (χ1v) is 8.29. The number of hydrogen-bond acceptors (Lipinski definition) is 1. The number of hydrogen-bond donors (Lipinski definition) is 1. The fourth-order valence-corrected chi connectivity index (χ4v) is 2.47. The molecule has 2 aliphatic carbocycles. The molecule has 0 aliphatic heterocycles. The van der Waals surface area contributed by atoms with E-state index in [-0.39, 0.29) is 0 Å². The van der Waals surface area contributed by atoms with Gasteiger partial charge in [0.25, 0.3) is 0 Å². The lowest BCUT2D eigenvalue weighted by Gasteiger charge is -2.20. The Labute approximate surface area is 125 Å². The molecule has 1 aromatic rings. The highest BCUT2D eigenvalue weighted by atomic mass is 15.1. The van der Waals surface area contributed by atoms with Crippen molar-refractivity contribution in [2.75, 3.05) is 0 Å². The Morgan fingerprint density at radius 1 is 0.950 bits per heavy atom. The fraction of sp³-hybridized carbons (Fsp3) is 0.611. The molecule has 1 aromatic heterocycles. The zero-order chi connectivity index (χ0) is 15.5. The average molecular weight is 276 g/mol. The Hall–Kier alpha value is -1.31. The van der Waals surface area contributed by atoms with Gasteiger partial charge in [-0.1, -0.05) is 59.3 Å². The molecule has 0 fully saturated rings. The van der Waals surface area contributed by atoms with E-state index >= 15 is 0 Å². The van der Waals surface area contributed by atoms with Gasteiger partial charge in [-0.15, -0.1) is 0 Å². The van der Waals surface area contributed by atoms with Gasteiger partial charge >= 0.3 is 0 Å². The third kappa shape index (κ3) is 4.09. The second-order valence-electron chi connectivity index (χ2n) is 4.13. The SMILES string of the molecule is CC.CC.CC.Cc1[nH]nc2c1CCC1=C2C=CCC1. The van der Waals surface area contributed by atoms with E-state index in [9.17, 15) is 0 Å². The van der Waals surface area contributed by atoms with E-state index in [0.717, 1.165) is 0 Å². The molecule has 2 heteroatoms. The number of aromatic amines is 1. The molecular formula is C18H32N2. The van der Waals surface area contributed by atoms with Crippen molar-refractivity contribution in [2.45, 2.75) is 74.1 Å². The highest BCUT2D eigenvalue weighted by molar-refractivity contribution is 5.79. The number of nitrogens with one attached hydrogen (secondary N) is 1. The normalized spacial score (nSPS) is 14.6. The molecule has 114 valence electrons. The summed E-state index contributed by atoms with van der Waals surface area (Å²) < 4.78 is 0. The zero-order valence-electron chi connectivity index (χ0n) is 14.4. The van der Waals surface area contributed by atoms with Crippen LogP contribution < -0.4 is 0 Å². The smallest absolute Gasteiger partial charge is 0.0954 e. The Kier molecular flexibility index (Phi) is 9.79. The minimum absolute atomic E-state index is 1.17. The van der Waals surface area contributed by atoms with Gasteiger partial charge in [-0.25, -0.2) is 0 Å². The second kappa shape index (κ2) is 10.5. The lowest BCUT2D eigenvalue weighted by molar-refractivity contribution is 0.823. The summed E-state index contributed by atoms with van der Waals surface area (Å²) in [5.74, 6) is 0. The van der Waals surface area contributed by atoms with Crippen LogP contribution in [0.4, 0.5) is 0 Å². The van der Waals surface area contributed by atoms with E-state index in [0.29, 0.717) is 0 Å². The van der Waals surface area contributed by atoms with Gasteiger partial charge in [-0.3, -0.25) is 5.10 Å². The Bertz CT molecular complexity index is 436. The largest absolute Gasteiger partial charge is 0.282 e. The van der Waals surface area contributed by atoms with E-state index in [2.05, 4.69) is 29.3 Å².